The highest BCUT2D eigenvalue weighted by atomic mass is 16.5. The van der Waals surface area contributed by atoms with E-state index in [4.69, 9.17) is 9.84 Å². The molecule has 1 rings (SSSR count). The third kappa shape index (κ3) is 2.83. The Labute approximate surface area is 96.1 Å². The first kappa shape index (κ1) is 12.7. The summed E-state index contributed by atoms with van der Waals surface area (Å²) in [7, 11) is 0. The Morgan fingerprint density at radius 3 is 2.25 bits per heavy atom. The van der Waals surface area contributed by atoms with Crippen molar-refractivity contribution >= 4 is 5.97 Å². The van der Waals surface area contributed by atoms with Gasteiger partial charge in [-0.15, -0.1) is 0 Å². The third-order valence-corrected chi connectivity index (χ3v) is 2.45. The summed E-state index contributed by atoms with van der Waals surface area (Å²) in [5.41, 5.74) is 3.55. The SMILES string of the molecule is Cc1cc(C)c(C(=O)OC(C)CO)c(C)c1. The first-order valence-electron chi connectivity index (χ1n) is 5.35. The van der Waals surface area contributed by atoms with E-state index in [2.05, 4.69) is 0 Å². The summed E-state index contributed by atoms with van der Waals surface area (Å²) in [6, 6.07) is 3.90. The van der Waals surface area contributed by atoms with Gasteiger partial charge in [0.05, 0.1) is 12.2 Å². The highest BCUT2D eigenvalue weighted by Gasteiger charge is 2.16. The van der Waals surface area contributed by atoms with Crippen LogP contribution in [0.1, 0.15) is 34.0 Å². The molecule has 0 aliphatic heterocycles. The van der Waals surface area contributed by atoms with Crippen molar-refractivity contribution in [3.05, 3.63) is 34.4 Å². The number of carbonyl (C=O) groups excluding carboxylic acids is 1. The lowest BCUT2D eigenvalue weighted by Crippen LogP contribution is -2.19. The molecule has 0 radical (unpaired) electrons. The molecule has 0 amide bonds. The second-order valence-electron chi connectivity index (χ2n) is 4.17. The van der Waals surface area contributed by atoms with E-state index in [9.17, 15) is 4.79 Å². The standard InChI is InChI=1S/C13H18O3/c1-8-5-9(2)12(10(3)6-8)13(15)16-11(4)7-14/h5-6,11,14H,7H2,1-4H3. The van der Waals surface area contributed by atoms with E-state index in [0.29, 0.717) is 5.56 Å². The maximum atomic E-state index is 11.8. The molecule has 0 aliphatic carbocycles. The van der Waals surface area contributed by atoms with Crippen LogP contribution in [0.15, 0.2) is 12.1 Å². The van der Waals surface area contributed by atoms with Crippen LogP contribution < -0.4 is 0 Å². The molecule has 0 saturated heterocycles. The Morgan fingerprint density at radius 1 is 1.31 bits per heavy atom. The zero-order valence-corrected chi connectivity index (χ0v) is 10.2. The van der Waals surface area contributed by atoms with Crippen molar-refractivity contribution in [3.8, 4) is 0 Å². The van der Waals surface area contributed by atoms with Gasteiger partial charge in [-0.1, -0.05) is 17.7 Å². The molecule has 1 atom stereocenters. The highest BCUT2D eigenvalue weighted by Crippen LogP contribution is 2.17. The first-order chi connectivity index (χ1) is 7.45. The first-order valence-corrected chi connectivity index (χ1v) is 5.35. The van der Waals surface area contributed by atoms with Crippen LogP contribution in [0.2, 0.25) is 0 Å². The van der Waals surface area contributed by atoms with Crippen molar-refractivity contribution in [1.29, 1.82) is 0 Å². The number of hydrogen-bond donors (Lipinski definition) is 1. The van der Waals surface area contributed by atoms with Gasteiger partial charge in [0.2, 0.25) is 0 Å². The number of aliphatic hydroxyl groups is 1. The van der Waals surface area contributed by atoms with Crippen LogP contribution in [0, 0.1) is 20.8 Å². The topological polar surface area (TPSA) is 46.5 Å². The van der Waals surface area contributed by atoms with Gasteiger partial charge in [0.1, 0.15) is 6.10 Å². The van der Waals surface area contributed by atoms with Gasteiger partial charge in [-0.2, -0.15) is 0 Å². The smallest absolute Gasteiger partial charge is 0.339 e. The van der Waals surface area contributed by atoms with Crippen molar-refractivity contribution in [2.24, 2.45) is 0 Å². The van der Waals surface area contributed by atoms with E-state index >= 15 is 0 Å². The Bertz CT molecular complexity index is 373. The van der Waals surface area contributed by atoms with Crippen LogP contribution >= 0.6 is 0 Å². The van der Waals surface area contributed by atoms with E-state index in [-0.39, 0.29) is 12.6 Å². The minimum Gasteiger partial charge on any atom is -0.457 e. The molecule has 0 heterocycles. The van der Waals surface area contributed by atoms with Gasteiger partial charge in [-0.05, 0) is 38.8 Å². The molecule has 0 aromatic heterocycles. The molecular formula is C13H18O3. The lowest BCUT2D eigenvalue weighted by atomic mass is 10.00. The fraction of sp³-hybridized carbons (Fsp3) is 0.462. The van der Waals surface area contributed by atoms with Gasteiger partial charge in [0.15, 0.2) is 0 Å². The van der Waals surface area contributed by atoms with Gasteiger partial charge in [-0.3, -0.25) is 0 Å². The Balaban J connectivity index is 3.00. The van der Waals surface area contributed by atoms with E-state index in [0.717, 1.165) is 16.7 Å². The van der Waals surface area contributed by atoms with Crippen molar-refractivity contribution in [2.75, 3.05) is 6.61 Å². The Hall–Kier alpha value is -1.35. The summed E-state index contributed by atoms with van der Waals surface area (Å²) in [5, 5.41) is 8.84. The van der Waals surface area contributed by atoms with E-state index in [1.165, 1.54) is 0 Å². The second-order valence-corrected chi connectivity index (χ2v) is 4.17. The number of ether oxygens (including phenoxy) is 1. The van der Waals surface area contributed by atoms with Crippen LogP contribution in [0.5, 0.6) is 0 Å². The molecule has 16 heavy (non-hydrogen) atoms. The summed E-state index contributed by atoms with van der Waals surface area (Å²) in [4.78, 5) is 11.8. The zero-order valence-electron chi connectivity index (χ0n) is 10.2. The predicted molar refractivity (Wildman–Crippen MR) is 62.6 cm³/mol. The molecule has 3 nitrogen and oxygen atoms in total. The zero-order chi connectivity index (χ0) is 12.3. The van der Waals surface area contributed by atoms with Gasteiger partial charge in [-0.25, -0.2) is 4.79 Å². The summed E-state index contributed by atoms with van der Waals surface area (Å²) >= 11 is 0. The Kier molecular flexibility index (Phi) is 4.07. The van der Waals surface area contributed by atoms with Crippen molar-refractivity contribution in [1.82, 2.24) is 0 Å². The lowest BCUT2D eigenvalue weighted by molar-refractivity contribution is 0.0195. The molecular weight excluding hydrogens is 204 g/mol. The van der Waals surface area contributed by atoms with Crippen molar-refractivity contribution in [3.63, 3.8) is 0 Å². The maximum absolute atomic E-state index is 11.8. The number of benzene rings is 1. The molecule has 1 unspecified atom stereocenters. The molecule has 0 saturated carbocycles. The number of hydrogen-bond acceptors (Lipinski definition) is 3. The second kappa shape index (κ2) is 5.12. The van der Waals surface area contributed by atoms with E-state index in [1.807, 2.05) is 32.9 Å². The molecule has 0 spiro atoms. The van der Waals surface area contributed by atoms with Gasteiger partial charge >= 0.3 is 5.97 Å². The molecule has 1 aromatic carbocycles. The minimum atomic E-state index is -0.465. The predicted octanol–water partition coefficient (Wildman–Crippen LogP) is 2.15. The number of rotatable bonds is 3. The normalized spacial score (nSPS) is 12.3. The monoisotopic (exact) mass is 222 g/mol. The van der Waals surface area contributed by atoms with Gasteiger partial charge < -0.3 is 9.84 Å². The quantitative estimate of drug-likeness (QED) is 0.797. The molecule has 88 valence electrons. The largest absolute Gasteiger partial charge is 0.457 e. The van der Waals surface area contributed by atoms with Crippen LogP contribution in [-0.4, -0.2) is 23.8 Å². The highest BCUT2D eigenvalue weighted by molar-refractivity contribution is 5.92. The fourth-order valence-electron chi connectivity index (χ4n) is 1.78. The van der Waals surface area contributed by atoms with E-state index in [1.54, 1.807) is 6.92 Å². The summed E-state index contributed by atoms with van der Waals surface area (Å²) < 4.78 is 5.10. The number of esters is 1. The average molecular weight is 222 g/mol. The third-order valence-electron chi connectivity index (χ3n) is 2.45. The van der Waals surface area contributed by atoms with Crippen LogP contribution in [0.25, 0.3) is 0 Å². The van der Waals surface area contributed by atoms with Gasteiger partial charge in [0, 0.05) is 0 Å². The van der Waals surface area contributed by atoms with E-state index < -0.39 is 6.10 Å². The molecule has 0 fully saturated rings. The fourth-order valence-corrected chi connectivity index (χ4v) is 1.78. The summed E-state index contributed by atoms with van der Waals surface area (Å²) in [6.45, 7) is 7.28. The maximum Gasteiger partial charge on any atom is 0.339 e. The van der Waals surface area contributed by atoms with Crippen molar-refractivity contribution < 1.29 is 14.6 Å². The van der Waals surface area contributed by atoms with Crippen LogP contribution in [-0.2, 0) is 4.74 Å². The molecule has 1 aromatic rings. The molecule has 0 bridgehead atoms. The summed E-state index contributed by atoms with van der Waals surface area (Å²) in [6.07, 6.45) is -0.465. The van der Waals surface area contributed by atoms with Crippen LogP contribution in [0.4, 0.5) is 0 Å². The Morgan fingerprint density at radius 2 is 1.81 bits per heavy atom. The average Bonchev–Trinajstić information content (AvgIpc) is 2.15. The van der Waals surface area contributed by atoms with Crippen molar-refractivity contribution in [2.45, 2.75) is 33.8 Å². The minimum absolute atomic E-state index is 0.157. The molecule has 0 aliphatic rings. The number of carbonyl (C=O) groups is 1. The molecule has 3 heteroatoms. The lowest BCUT2D eigenvalue weighted by Gasteiger charge is -2.14. The number of aryl methyl sites for hydroxylation is 3. The molecule has 1 N–H and O–H groups in total. The van der Waals surface area contributed by atoms with Gasteiger partial charge in [0.25, 0.3) is 0 Å². The summed E-state index contributed by atoms with van der Waals surface area (Å²) in [5.74, 6) is -0.364. The number of aliphatic hydroxyl groups excluding tert-OH is 1. The van der Waals surface area contributed by atoms with Crippen LogP contribution in [0.3, 0.4) is 0 Å².